The van der Waals surface area contributed by atoms with E-state index in [1.165, 1.54) is 26.4 Å². The highest BCUT2D eigenvalue weighted by Crippen LogP contribution is 2.38. The van der Waals surface area contributed by atoms with Gasteiger partial charge in [-0.25, -0.2) is 4.39 Å². The Morgan fingerprint density at radius 2 is 1.80 bits per heavy atom. The second-order valence-corrected chi connectivity index (χ2v) is 11.1. The lowest BCUT2D eigenvalue weighted by Gasteiger charge is -2.28. The monoisotopic (exact) mass is 601 g/mol. The number of methoxy groups -OCH3 is 1. The maximum atomic E-state index is 15.6. The number of carbonyl (C=O) groups excluding carboxylic acids is 3. The van der Waals surface area contributed by atoms with Crippen molar-refractivity contribution in [2.75, 3.05) is 33.1 Å². The smallest absolute Gasteiger partial charge is 0.264 e. The predicted octanol–water partition coefficient (Wildman–Crippen LogP) is 3.27. The predicted molar refractivity (Wildman–Crippen MR) is 165 cm³/mol. The molecule has 44 heavy (non-hydrogen) atoms. The number of nitrogens with zero attached hydrogens (tertiary/aromatic N) is 2. The van der Waals surface area contributed by atoms with Crippen LogP contribution in [0.3, 0.4) is 0 Å². The van der Waals surface area contributed by atoms with Crippen LogP contribution in [0.15, 0.2) is 60.3 Å². The van der Waals surface area contributed by atoms with E-state index < -0.39 is 24.0 Å². The van der Waals surface area contributed by atoms with Crippen LogP contribution in [0.25, 0.3) is 22.3 Å². The van der Waals surface area contributed by atoms with Crippen LogP contribution in [0.5, 0.6) is 5.75 Å². The molecule has 5 rings (SSSR count). The molecule has 1 fully saturated rings. The second-order valence-electron chi connectivity index (χ2n) is 11.1. The minimum Gasteiger partial charge on any atom is -0.496 e. The third kappa shape index (κ3) is 5.88. The maximum absolute atomic E-state index is 15.6. The Bertz CT molecular complexity index is 1670. The molecule has 11 heteroatoms. The van der Waals surface area contributed by atoms with Crippen molar-refractivity contribution in [3.05, 3.63) is 82.8 Å². The highest BCUT2D eigenvalue weighted by Gasteiger charge is 2.30. The molecule has 3 amide bonds. The summed E-state index contributed by atoms with van der Waals surface area (Å²) in [5.41, 5.74) is 5.77. The standard InChI is InChI=1S/C33H36FN5O5/c1-18-22(20-12-27(34)26(29(13-20)44-5)17-38(3)21-14-30(40)35-15-21)8-6-9-23(18)24-10-7-11-28(19(24)2)37-31(41)25-16-36-33(43)39(4)32(25)42/h6-13,16,21,33,36,43H,14-15,17H2,1-5H3,(H,35,40)(H,37,41)/t21-,33?/m0/s1. The molecule has 0 radical (unpaired) electrons. The molecule has 3 aromatic carbocycles. The number of likely N-dealkylation sites (N-methyl/N-ethyl adjacent to an activating group) is 2. The minimum atomic E-state index is -1.20. The lowest BCUT2D eigenvalue weighted by atomic mass is 9.90. The average Bonchev–Trinajstić information content (AvgIpc) is 3.44. The molecule has 4 N–H and O–H groups in total. The molecule has 0 spiro atoms. The molecule has 1 unspecified atom stereocenters. The minimum absolute atomic E-state index is 0.00858. The van der Waals surface area contributed by atoms with Gasteiger partial charge >= 0.3 is 0 Å². The number of amides is 3. The van der Waals surface area contributed by atoms with Gasteiger partial charge in [-0.15, -0.1) is 0 Å². The van der Waals surface area contributed by atoms with Crippen molar-refractivity contribution < 1.29 is 28.6 Å². The fourth-order valence-electron chi connectivity index (χ4n) is 5.67. The van der Waals surface area contributed by atoms with Crippen LogP contribution in [0.1, 0.15) is 23.1 Å². The quantitative estimate of drug-likeness (QED) is 0.293. The van der Waals surface area contributed by atoms with Gasteiger partial charge in [0.05, 0.1) is 7.11 Å². The first kappa shape index (κ1) is 30.7. The second kappa shape index (κ2) is 12.5. The fourth-order valence-corrected chi connectivity index (χ4v) is 5.67. The Kier molecular flexibility index (Phi) is 8.70. The number of hydrogen-bond acceptors (Lipinski definition) is 7. The summed E-state index contributed by atoms with van der Waals surface area (Å²) in [6.45, 7) is 4.66. The third-order valence-electron chi connectivity index (χ3n) is 8.42. The summed E-state index contributed by atoms with van der Waals surface area (Å²) in [5, 5.41) is 18.0. The molecule has 1 saturated heterocycles. The topological polar surface area (TPSA) is 123 Å². The lowest BCUT2D eigenvalue weighted by molar-refractivity contribution is -0.139. The highest BCUT2D eigenvalue weighted by molar-refractivity contribution is 6.23. The van der Waals surface area contributed by atoms with Gasteiger partial charge in [0.15, 0.2) is 0 Å². The van der Waals surface area contributed by atoms with Crippen molar-refractivity contribution >= 4 is 23.4 Å². The van der Waals surface area contributed by atoms with Gasteiger partial charge in [0.25, 0.3) is 11.8 Å². The van der Waals surface area contributed by atoms with Crippen molar-refractivity contribution in [3.63, 3.8) is 0 Å². The number of ether oxygens (including phenoxy) is 1. The van der Waals surface area contributed by atoms with Crippen LogP contribution < -0.4 is 20.7 Å². The van der Waals surface area contributed by atoms with E-state index in [9.17, 15) is 19.5 Å². The van der Waals surface area contributed by atoms with E-state index in [4.69, 9.17) is 4.74 Å². The number of benzene rings is 3. The van der Waals surface area contributed by atoms with Gasteiger partial charge in [-0.3, -0.25) is 24.2 Å². The van der Waals surface area contributed by atoms with Crippen molar-refractivity contribution in [1.82, 2.24) is 20.4 Å². The Morgan fingerprint density at radius 1 is 1.11 bits per heavy atom. The average molecular weight is 602 g/mol. The molecule has 2 aliphatic heterocycles. The van der Waals surface area contributed by atoms with Crippen LogP contribution >= 0.6 is 0 Å². The van der Waals surface area contributed by atoms with Gasteiger partial charge in [0.1, 0.15) is 17.1 Å². The first-order valence-electron chi connectivity index (χ1n) is 14.3. The molecule has 2 atom stereocenters. The zero-order chi connectivity index (χ0) is 31.7. The molecular weight excluding hydrogens is 565 g/mol. The summed E-state index contributed by atoms with van der Waals surface area (Å²) in [4.78, 5) is 40.2. The highest BCUT2D eigenvalue weighted by atomic mass is 19.1. The number of carbonyl (C=O) groups is 3. The summed E-state index contributed by atoms with van der Waals surface area (Å²) >= 11 is 0. The van der Waals surface area contributed by atoms with Crippen LogP contribution in [0, 0.1) is 19.7 Å². The van der Waals surface area contributed by atoms with E-state index in [1.54, 1.807) is 6.07 Å². The Morgan fingerprint density at radius 3 is 2.48 bits per heavy atom. The van der Waals surface area contributed by atoms with E-state index >= 15 is 4.39 Å². The van der Waals surface area contributed by atoms with Crippen molar-refractivity contribution in [1.29, 1.82) is 0 Å². The van der Waals surface area contributed by atoms with Gasteiger partial charge in [0, 0.05) is 50.1 Å². The molecule has 0 aromatic heterocycles. The van der Waals surface area contributed by atoms with Crippen molar-refractivity contribution in [3.8, 4) is 28.0 Å². The molecule has 0 aliphatic carbocycles. The third-order valence-corrected chi connectivity index (χ3v) is 8.42. The fraction of sp³-hybridized carbons (Fsp3) is 0.303. The molecule has 2 heterocycles. The zero-order valence-corrected chi connectivity index (χ0v) is 25.3. The Hall–Kier alpha value is -4.74. The van der Waals surface area contributed by atoms with E-state index in [2.05, 4.69) is 16.0 Å². The van der Waals surface area contributed by atoms with Gasteiger partial charge in [-0.05, 0) is 72.5 Å². The normalized spacial score (nSPS) is 18.2. The number of hydrogen-bond donors (Lipinski definition) is 4. The van der Waals surface area contributed by atoms with Gasteiger partial charge < -0.3 is 25.8 Å². The maximum Gasteiger partial charge on any atom is 0.264 e. The summed E-state index contributed by atoms with van der Waals surface area (Å²) in [5.74, 6) is -1.18. The van der Waals surface area contributed by atoms with E-state index in [0.29, 0.717) is 42.1 Å². The Labute approximate surface area is 255 Å². The largest absolute Gasteiger partial charge is 0.496 e. The molecule has 2 aliphatic rings. The first-order valence-corrected chi connectivity index (χ1v) is 14.3. The zero-order valence-electron chi connectivity index (χ0n) is 25.3. The molecule has 230 valence electrons. The SMILES string of the molecule is COc1cc(-c2cccc(-c3cccc(NC(=O)C4=CNC(O)N(C)C4=O)c3C)c2C)cc(F)c1CN(C)[C@@H]1CNC(=O)C1. The van der Waals surface area contributed by atoms with Crippen molar-refractivity contribution in [2.24, 2.45) is 0 Å². The summed E-state index contributed by atoms with van der Waals surface area (Å²) in [7, 11) is 4.78. The molecule has 10 nitrogen and oxygen atoms in total. The van der Waals surface area contributed by atoms with Crippen molar-refractivity contribution in [2.45, 2.75) is 39.2 Å². The number of aliphatic hydroxyl groups is 1. The van der Waals surface area contributed by atoms with Crippen LogP contribution in [0.4, 0.5) is 10.1 Å². The van der Waals surface area contributed by atoms with Crippen LogP contribution in [0.2, 0.25) is 0 Å². The van der Waals surface area contributed by atoms with E-state index in [0.717, 1.165) is 32.7 Å². The number of aliphatic hydroxyl groups excluding tert-OH is 1. The summed E-state index contributed by atoms with van der Waals surface area (Å²) in [6.07, 6.45) is 0.383. The van der Waals surface area contributed by atoms with Gasteiger partial charge in [-0.1, -0.05) is 30.3 Å². The molecule has 0 saturated carbocycles. The number of nitrogens with one attached hydrogen (secondary N) is 3. The molecular formula is C33H36FN5O5. The van der Waals surface area contributed by atoms with Gasteiger partial charge in [-0.2, -0.15) is 0 Å². The van der Waals surface area contributed by atoms with E-state index in [-0.39, 0.29) is 17.5 Å². The lowest BCUT2D eigenvalue weighted by Crippen LogP contribution is -2.50. The number of halogens is 1. The number of rotatable bonds is 8. The van der Waals surface area contributed by atoms with Crippen LogP contribution in [-0.2, 0) is 20.9 Å². The number of anilines is 1. The Balaban J connectivity index is 1.44. The van der Waals surface area contributed by atoms with Crippen LogP contribution in [-0.4, -0.2) is 72.8 Å². The summed E-state index contributed by atoms with van der Waals surface area (Å²) in [6, 6.07) is 14.6. The first-order chi connectivity index (χ1) is 21.0. The molecule has 3 aromatic rings. The molecule has 0 bridgehead atoms. The summed E-state index contributed by atoms with van der Waals surface area (Å²) < 4.78 is 21.3. The van der Waals surface area contributed by atoms with Gasteiger partial charge in [0.2, 0.25) is 12.3 Å². The van der Waals surface area contributed by atoms with E-state index in [1.807, 2.05) is 62.2 Å².